The number of aryl methyl sites for hydroxylation is 1. The number of nitrogens with zero attached hydrogens (tertiary/aromatic N) is 1. The third-order valence-electron chi connectivity index (χ3n) is 3.97. The summed E-state index contributed by atoms with van der Waals surface area (Å²) >= 11 is 0. The maximum Gasteiger partial charge on any atom is 0.349 e. The Hall–Kier alpha value is -3.06. The molecule has 25 heavy (non-hydrogen) atoms. The van der Waals surface area contributed by atoms with E-state index in [1.54, 1.807) is 48.1 Å². The molecule has 0 radical (unpaired) electrons. The molecule has 2 heterocycles. The highest BCUT2D eigenvalue weighted by molar-refractivity contribution is 5.97. The van der Waals surface area contributed by atoms with Crippen molar-refractivity contribution in [2.24, 2.45) is 7.05 Å². The third-order valence-corrected chi connectivity index (χ3v) is 3.97. The highest BCUT2D eigenvalue weighted by Gasteiger charge is 2.17. The lowest BCUT2D eigenvalue weighted by Crippen LogP contribution is -2.32. The predicted molar refractivity (Wildman–Crippen MR) is 91.7 cm³/mol. The zero-order valence-corrected chi connectivity index (χ0v) is 13.9. The molecule has 1 atom stereocenters. The van der Waals surface area contributed by atoms with E-state index in [-0.39, 0.29) is 17.7 Å². The van der Waals surface area contributed by atoms with E-state index in [4.69, 9.17) is 9.15 Å². The van der Waals surface area contributed by atoms with Crippen LogP contribution in [0.2, 0.25) is 0 Å². The quantitative estimate of drug-likeness (QED) is 0.687. The Bertz CT molecular complexity index is 973. The van der Waals surface area contributed by atoms with E-state index < -0.39 is 17.6 Å². The fourth-order valence-electron chi connectivity index (χ4n) is 2.65. The van der Waals surface area contributed by atoms with Gasteiger partial charge in [-0.1, -0.05) is 12.1 Å². The number of aliphatic hydroxyl groups excluding tert-OH is 1. The smallest absolute Gasteiger partial charge is 0.349 e. The van der Waals surface area contributed by atoms with E-state index in [0.717, 1.165) is 0 Å². The molecule has 0 spiro atoms. The van der Waals surface area contributed by atoms with Crippen LogP contribution in [-0.2, 0) is 7.05 Å². The molecule has 2 N–H and O–H groups in total. The first-order valence-corrected chi connectivity index (χ1v) is 7.69. The number of ether oxygens (including phenoxy) is 1. The van der Waals surface area contributed by atoms with E-state index in [1.165, 1.54) is 13.2 Å². The molecule has 3 aromatic rings. The molecular weight excluding hydrogens is 324 g/mol. The number of amides is 1. The fourth-order valence-corrected chi connectivity index (χ4v) is 2.65. The number of aliphatic hydroxyl groups is 1. The van der Waals surface area contributed by atoms with Crippen LogP contribution in [0.1, 0.15) is 22.2 Å². The minimum absolute atomic E-state index is 0.0216. The van der Waals surface area contributed by atoms with Gasteiger partial charge in [0.2, 0.25) is 0 Å². The first-order chi connectivity index (χ1) is 12.0. The maximum absolute atomic E-state index is 12.3. The van der Waals surface area contributed by atoms with Crippen LogP contribution >= 0.6 is 0 Å². The van der Waals surface area contributed by atoms with Crippen molar-refractivity contribution in [1.29, 1.82) is 0 Å². The predicted octanol–water partition coefficient (Wildman–Crippen LogP) is 1.60. The highest BCUT2D eigenvalue weighted by atomic mass is 16.5. The number of carbonyl (C=O) groups excluding carboxylic acids is 1. The van der Waals surface area contributed by atoms with Gasteiger partial charge in [0.05, 0.1) is 7.11 Å². The van der Waals surface area contributed by atoms with Gasteiger partial charge in [-0.25, -0.2) is 4.79 Å². The zero-order valence-electron chi connectivity index (χ0n) is 13.9. The minimum atomic E-state index is -0.878. The lowest BCUT2D eigenvalue weighted by Gasteiger charge is -2.13. The minimum Gasteiger partial charge on any atom is -0.493 e. The van der Waals surface area contributed by atoms with Crippen molar-refractivity contribution in [1.82, 2.24) is 9.88 Å². The Balaban J connectivity index is 1.81. The summed E-state index contributed by atoms with van der Waals surface area (Å²) in [5.74, 6) is -0.188. The number of methoxy groups -OCH3 is 1. The Morgan fingerprint density at radius 1 is 1.36 bits per heavy atom. The monoisotopic (exact) mass is 342 g/mol. The first kappa shape index (κ1) is 16.8. The van der Waals surface area contributed by atoms with E-state index in [2.05, 4.69) is 5.32 Å². The van der Waals surface area contributed by atoms with Crippen LogP contribution in [0.3, 0.4) is 0 Å². The van der Waals surface area contributed by atoms with Crippen LogP contribution in [-0.4, -0.2) is 29.2 Å². The average Bonchev–Trinajstić information content (AvgIpc) is 3.04. The number of hydrogen-bond acceptors (Lipinski definition) is 5. The maximum atomic E-state index is 12.3. The van der Waals surface area contributed by atoms with Crippen molar-refractivity contribution in [3.8, 4) is 5.75 Å². The second-order valence-corrected chi connectivity index (χ2v) is 5.60. The topological polar surface area (TPSA) is 93.7 Å². The summed E-state index contributed by atoms with van der Waals surface area (Å²) in [5, 5.41) is 13.3. The van der Waals surface area contributed by atoms with Crippen molar-refractivity contribution in [2.75, 3.05) is 13.7 Å². The van der Waals surface area contributed by atoms with Gasteiger partial charge in [-0.3, -0.25) is 4.79 Å². The molecule has 0 bridgehead atoms. The van der Waals surface area contributed by atoms with E-state index in [1.807, 2.05) is 0 Å². The third kappa shape index (κ3) is 3.27. The summed E-state index contributed by atoms with van der Waals surface area (Å²) in [6.45, 7) is -0.0216. The summed E-state index contributed by atoms with van der Waals surface area (Å²) < 4.78 is 12.1. The lowest BCUT2D eigenvalue weighted by molar-refractivity contribution is 0.0909. The summed E-state index contributed by atoms with van der Waals surface area (Å²) in [7, 11) is 3.27. The van der Waals surface area contributed by atoms with Crippen LogP contribution in [0.25, 0.3) is 11.0 Å². The van der Waals surface area contributed by atoms with Crippen LogP contribution in [0.5, 0.6) is 5.75 Å². The van der Waals surface area contributed by atoms with E-state index >= 15 is 0 Å². The fraction of sp³-hybridized carbons (Fsp3) is 0.222. The SMILES string of the molecule is COc1cccc2cc(C(=O)NC[C@H](O)c3cccn3C)c(=O)oc12. The van der Waals surface area contributed by atoms with Gasteiger partial charge in [0.1, 0.15) is 11.7 Å². The van der Waals surface area contributed by atoms with Crippen molar-refractivity contribution in [3.05, 3.63) is 64.3 Å². The van der Waals surface area contributed by atoms with Gasteiger partial charge in [0.25, 0.3) is 5.91 Å². The molecule has 3 rings (SSSR count). The van der Waals surface area contributed by atoms with Crippen LogP contribution < -0.4 is 15.7 Å². The summed E-state index contributed by atoms with van der Waals surface area (Å²) in [4.78, 5) is 24.4. The molecule has 2 aromatic heterocycles. The van der Waals surface area contributed by atoms with Gasteiger partial charge in [0, 0.05) is 30.9 Å². The molecule has 0 unspecified atom stereocenters. The highest BCUT2D eigenvalue weighted by Crippen LogP contribution is 2.24. The number of benzene rings is 1. The molecule has 0 saturated heterocycles. The molecule has 1 amide bonds. The molecule has 0 saturated carbocycles. The Labute approximate surface area is 143 Å². The number of para-hydroxylation sites is 1. The normalized spacial score (nSPS) is 12.1. The second-order valence-electron chi connectivity index (χ2n) is 5.60. The van der Waals surface area contributed by atoms with Gasteiger partial charge in [-0.15, -0.1) is 0 Å². The molecule has 0 aliphatic rings. The standard InChI is InChI=1S/C18H18N2O5/c1-20-8-4-6-13(20)14(21)10-19-17(22)12-9-11-5-3-7-15(24-2)16(11)25-18(12)23/h3-9,14,21H,10H2,1-2H3,(H,19,22)/t14-/m0/s1. The Morgan fingerprint density at radius 3 is 2.84 bits per heavy atom. The second kappa shape index (κ2) is 6.82. The van der Waals surface area contributed by atoms with Gasteiger partial charge in [-0.05, 0) is 24.3 Å². The van der Waals surface area contributed by atoms with Crippen molar-refractivity contribution in [3.63, 3.8) is 0 Å². The van der Waals surface area contributed by atoms with Crippen molar-refractivity contribution in [2.45, 2.75) is 6.10 Å². The van der Waals surface area contributed by atoms with E-state index in [0.29, 0.717) is 16.8 Å². The lowest BCUT2D eigenvalue weighted by atomic mass is 10.1. The number of carbonyl (C=O) groups is 1. The Morgan fingerprint density at radius 2 is 2.16 bits per heavy atom. The molecule has 7 nitrogen and oxygen atoms in total. The van der Waals surface area contributed by atoms with E-state index in [9.17, 15) is 14.7 Å². The van der Waals surface area contributed by atoms with Crippen LogP contribution in [0.4, 0.5) is 0 Å². The number of nitrogens with one attached hydrogen (secondary N) is 1. The van der Waals surface area contributed by atoms with Gasteiger partial charge >= 0.3 is 5.63 Å². The number of aromatic nitrogens is 1. The molecule has 1 aromatic carbocycles. The first-order valence-electron chi connectivity index (χ1n) is 7.69. The summed E-state index contributed by atoms with van der Waals surface area (Å²) in [5.41, 5.74) is 0.0636. The largest absolute Gasteiger partial charge is 0.493 e. The van der Waals surface area contributed by atoms with Crippen molar-refractivity contribution >= 4 is 16.9 Å². The molecule has 0 aliphatic heterocycles. The molecule has 130 valence electrons. The zero-order chi connectivity index (χ0) is 18.0. The summed E-state index contributed by atoms with van der Waals surface area (Å²) in [6.07, 6.45) is 0.919. The molecular formula is C18H18N2O5. The van der Waals surface area contributed by atoms with Gasteiger partial charge in [-0.2, -0.15) is 0 Å². The van der Waals surface area contributed by atoms with Gasteiger partial charge in [0.15, 0.2) is 11.3 Å². The molecule has 7 heteroatoms. The molecule has 0 aliphatic carbocycles. The number of hydrogen-bond donors (Lipinski definition) is 2. The van der Waals surface area contributed by atoms with Crippen LogP contribution in [0.15, 0.2) is 51.8 Å². The summed E-state index contributed by atoms with van der Waals surface area (Å²) in [6, 6.07) is 10.1. The Kier molecular flexibility index (Phi) is 4.58. The van der Waals surface area contributed by atoms with Crippen LogP contribution in [0, 0.1) is 0 Å². The number of rotatable bonds is 5. The number of fused-ring (bicyclic) bond motifs is 1. The average molecular weight is 342 g/mol. The van der Waals surface area contributed by atoms with Gasteiger partial charge < -0.3 is 24.1 Å². The van der Waals surface area contributed by atoms with Crippen molar-refractivity contribution < 1.29 is 19.1 Å². The molecule has 0 fully saturated rings.